The number of ether oxygens (including phenoxy) is 1. The summed E-state index contributed by atoms with van der Waals surface area (Å²) in [5, 5.41) is 0. The first-order valence-corrected chi connectivity index (χ1v) is 5.96. The van der Waals surface area contributed by atoms with Crippen molar-refractivity contribution in [1.82, 2.24) is 9.97 Å². The van der Waals surface area contributed by atoms with Crippen molar-refractivity contribution in [2.24, 2.45) is 0 Å². The van der Waals surface area contributed by atoms with Crippen molar-refractivity contribution in [2.75, 3.05) is 7.11 Å². The van der Waals surface area contributed by atoms with Gasteiger partial charge in [-0.25, -0.2) is 4.98 Å². The Kier molecular flexibility index (Phi) is 5.17. The Hall–Kier alpha value is -0.490. The Bertz CT molecular complexity index is 358. The Morgan fingerprint density at radius 2 is 2.27 bits per heavy atom. The van der Waals surface area contributed by atoms with Gasteiger partial charge in [0, 0.05) is 6.42 Å². The molecule has 1 rings (SSSR count). The molecular weight excluding hydrogens is 328 g/mol. The first-order valence-electron chi connectivity index (χ1n) is 4.37. The van der Waals surface area contributed by atoms with Gasteiger partial charge in [-0.1, -0.05) is 0 Å². The van der Waals surface area contributed by atoms with Crippen LogP contribution >= 0.6 is 31.9 Å². The van der Waals surface area contributed by atoms with Crippen LogP contribution in [0.15, 0.2) is 15.4 Å². The van der Waals surface area contributed by atoms with Crippen molar-refractivity contribution in [1.29, 1.82) is 0 Å². The van der Waals surface area contributed by atoms with Crippen LogP contribution in [-0.2, 0) is 16.0 Å². The summed E-state index contributed by atoms with van der Waals surface area (Å²) in [6, 6.07) is 0. The number of hydrogen-bond acceptors (Lipinski definition) is 4. The lowest BCUT2D eigenvalue weighted by atomic mass is 10.2. The average Bonchev–Trinajstić information content (AvgIpc) is 2.21. The molecule has 0 saturated heterocycles. The lowest BCUT2D eigenvalue weighted by Gasteiger charge is -2.02. The zero-order valence-corrected chi connectivity index (χ0v) is 11.3. The first kappa shape index (κ1) is 12.6. The van der Waals surface area contributed by atoms with E-state index in [1.165, 1.54) is 7.11 Å². The molecule has 0 N–H and O–H groups in total. The van der Waals surface area contributed by atoms with Crippen molar-refractivity contribution < 1.29 is 9.53 Å². The molecule has 6 heteroatoms. The second-order valence-corrected chi connectivity index (χ2v) is 4.42. The highest BCUT2D eigenvalue weighted by Gasteiger charge is 2.06. The van der Waals surface area contributed by atoms with Gasteiger partial charge in [0.15, 0.2) is 0 Å². The van der Waals surface area contributed by atoms with Gasteiger partial charge in [0.1, 0.15) is 9.21 Å². The molecule has 0 spiro atoms. The van der Waals surface area contributed by atoms with Crippen molar-refractivity contribution >= 4 is 37.8 Å². The van der Waals surface area contributed by atoms with Gasteiger partial charge in [0.2, 0.25) is 0 Å². The fraction of sp³-hybridized carbons (Fsp3) is 0.444. The Morgan fingerprint density at radius 3 is 2.87 bits per heavy atom. The van der Waals surface area contributed by atoms with E-state index in [0.29, 0.717) is 28.5 Å². The maximum Gasteiger partial charge on any atom is 0.305 e. The fourth-order valence-electron chi connectivity index (χ4n) is 1.04. The third-order valence-corrected chi connectivity index (χ3v) is 2.81. The highest BCUT2D eigenvalue weighted by atomic mass is 79.9. The maximum absolute atomic E-state index is 10.9. The van der Waals surface area contributed by atoms with Crippen LogP contribution in [0.5, 0.6) is 0 Å². The Balaban J connectivity index is 2.47. The number of nitrogens with zero attached hydrogens (tertiary/aromatic N) is 2. The van der Waals surface area contributed by atoms with Gasteiger partial charge in [-0.3, -0.25) is 9.78 Å². The molecule has 4 nitrogen and oxygen atoms in total. The number of carbonyl (C=O) groups excluding carboxylic acids is 1. The topological polar surface area (TPSA) is 52.1 Å². The van der Waals surface area contributed by atoms with E-state index in [2.05, 4.69) is 46.6 Å². The van der Waals surface area contributed by atoms with Crippen molar-refractivity contribution in [2.45, 2.75) is 19.3 Å². The minimum atomic E-state index is -0.198. The van der Waals surface area contributed by atoms with Crippen LogP contribution < -0.4 is 0 Å². The van der Waals surface area contributed by atoms with Gasteiger partial charge >= 0.3 is 5.97 Å². The Labute approximate surface area is 105 Å². The normalized spacial score (nSPS) is 10.1. The predicted octanol–water partition coefficient (Wildman–Crippen LogP) is 2.50. The third kappa shape index (κ3) is 4.25. The van der Waals surface area contributed by atoms with E-state index in [0.717, 1.165) is 5.69 Å². The Morgan fingerprint density at radius 1 is 1.53 bits per heavy atom. The van der Waals surface area contributed by atoms with Gasteiger partial charge in [-0.15, -0.1) is 0 Å². The van der Waals surface area contributed by atoms with Crippen LogP contribution in [-0.4, -0.2) is 23.0 Å². The largest absolute Gasteiger partial charge is 0.469 e. The SMILES string of the molecule is COC(=O)CCCc1ncc(Br)nc1Br. The minimum Gasteiger partial charge on any atom is -0.469 e. The number of aryl methyl sites for hydroxylation is 1. The highest BCUT2D eigenvalue weighted by Crippen LogP contribution is 2.16. The minimum absolute atomic E-state index is 0.198. The number of rotatable bonds is 4. The molecule has 0 amide bonds. The van der Waals surface area contributed by atoms with E-state index >= 15 is 0 Å². The molecule has 0 bridgehead atoms. The average molecular weight is 338 g/mol. The van der Waals surface area contributed by atoms with Crippen LogP contribution in [0.2, 0.25) is 0 Å². The summed E-state index contributed by atoms with van der Waals surface area (Å²) >= 11 is 6.53. The summed E-state index contributed by atoms with van der Waals surface area (Å²) in [6.07, 6.45) is 3.45. The van der Waals surface area contributed by atoms with Gasteiger partial charge in [0.05, 0.1) is 19.0 Å². The van der Waals surface area contributed by atoms with E-state index in [1.807, 2.05) is 0 Å². The monoisotopic (exact) mass is 336 g/mol. The second kappa shape index (κ2) is 6.17. The number of carbonyl (C=O) groups is 1. The predicted molar refractivity (Wildman–Crippen MR) is 62.4 cm³/mol. The second-order valence-electron chi connectivity index (χ2n) is 2.86. The van der Waals surface area contributed by atoms with Gasteiger partial charge < -0.3 is 4.74 Å². The summed E-state index contributed by atoms with van der Waals surface area (Å²) in [6.45, 7) is 0. The van der Waals surface area contributed by atoms with E-state index < -0.39 is 0 Å². The molecule has 0 aliphatic carbocycles. The van der Waals surface area contributed by atoms with E-state index in [9.17, 15) is 4.79 Å². The zero-order valence-electron chi connectivity index (χ0n) is 8.17. The molecule has 1 heterocycles. The van der Waals surface area contributed by atoms with Gasteiger partial charge in [-0.05, 0) is 44.7 Å². The van der Waals surface area contributed by atoms with Crippen LogP contribution in [0.25, 0.3) is 0 Å². The zero-order chi connectivity index (χ0) is 11.3. The molecule has 0 radical (unpaired) electrons. The lowest BCUT2D eigenvalue weighted by Crippen LogP contribution is -2.02. The molecule has 0 saturated carbocycles. The highest BCUT2D eigenvalue weighted by molar-refractivity contribution is 9.11. The van der Waals surface area contributed by atoms with Gasteiger partial charge in [0.25, 0.3) is 0 Å². The van der Waals surface area contributed by atoms with Crippen LogP contribution in [0.4, 0.5) is 0 Å². The standard InChI is InChI=1S/C9H10Br2N2O2/c1-15-8(14)4-2-3-6-9(11)13-7(10)5-12-6/h5H,2-4H2,1H3. The molecule has 0 aliphatic rings. The maximum atomic E-state index is 10.9. The fourth-order valence-corrected chi connectivity index (χ4v) is 2.05. The molecule has 1 aromatic heterocycles. The molecule has 0 aliphatic heterocycles. The van der Waals surface area contributed by atoms with E-state index in [-0.39, 0.29) is 5.97 Å². The van der Waals surface area contributed by atoms with Crippen LogP contribution in [0.3, 0.4) is 0 Å². The number of aromatic nitrogens is 2. The molecule has 0 fully saturated rings. The molecule has 0 aromatic carbocycles. The van der Waals surface area contributed by atoms with Crippen molar-refractivity contribution in [3.8, 4) is 0 Å². The van der Waals surface area contributed by atoms with Crippen molar-refractivity contribution in [3.05, 3.63) is 21.1 Å². The first-order chi connectivity index (χ1) is 7.13. The summed E-state index contributed by atoms with van der Waals surface area (Å²) in [5.41, 5.74) is 0.849. The summed E-state index contributed by atoms with van der Waals surface area (Å²) in [7, 11) is 1.39. The number of halogens is 2. The number of hydrogen-bond donors (Lipinski definition) is 0. The smallest absolute Gasteiger partial charge is 0.305 e. The molecule has 0 unspecified atom stereocenters. The molecular formula is C9H10Br2N2O2. The summed E-state index contributed by atoms with van der Waals surface area (Å²) in [4.78, 5) is 19.2. The summed E-state index contributed by atoms with van der Waals surface area (Å²) in [5.74, 6) is -0.198. The molecule has 1 aromatic rings. The molecule has 15 heavy (non-hydrogen) atoms. The van der Waals surface area contributed by atoms with Gasteiger partial charge in [-0.2, -0.15) is 0 Å². The molecule has 0 atom stereocenters. The van der Waals surface area contributed by atoms with E-state index in [1.54, 1.807) is 6.20 Å². The third-order valence-electron chi connectivity index (χ3n) is 1.79. The van der Waals surface area contributed by atoms with Crippen molar-refractivity contribution in [3.63, 3.8) is 0 Å². The number of methoxy groups -OCH3 is 1. The lowest BCUT2D eigenvalue weighted by molar-refractivity contribution is -0.140. The number of esters is 1. The van der Waals surface area contributed by atoms with Crippen LogP contribution in [0, 0.1) is 0 Å². The molecule has 82 valence electrons. The summed E-state index contributed by atoms with van der Waals surface area (Å²) < 4.78 is 5.94. The quantitative estimate of drug-likeness (QED) is 0.792. The van der Waals surface area contributed by atoms with E-state index in [4.69, 9.17) is 0 Å². The van der Waals surface area contributed by atoms with Crippen LogP contribution in [0.1, 0.15) is 18.5 Å².